The van der Waals surface area contributed by atoms with Crippen LogP contribution in [-0.4, -0.2) is 41.0 Å². The predicted octanol–water partition coefficient (Wildman–Crippen LogP) is 3.19. The van der Waals surface area contributed by atoms with Crippen molar-refractivity contribution in [2.45, 2.75) is 13.8 Å². The highest BCUT2D eigenvalue weighted by Gasteiger charge is 2.23. The van der Waals surface area contributed by atoms with Crippen molar-refractivity contribution in [1.82, 2.24) is 35.1 Å². The van der Waals surface area contributed by atoms with Crippen LogP contribution in [-0.2, 0) is 0 Å². The summed E-state index contributed by atoms with van der Waals surface area (Å²) in [5.41, 5.74) is 14.1. The topological polar surface area (TPSA) is 174 Å². The Kier molecular flexibility index (Phi) is 5.43. The van der Waals surface area contributed by atoms with Crippen LogP contribution in [0.3, 0.4) is 0 Å². The van der Waals surface area contributed by atoms with Crippen LogP contribution in [0.2, 0.25) is 0 Å². The summed E-state index contributed by atoms with van der Waals surface area (Å²) < 4.78 is 28.5. The third-order valence-electron chi connectivity index (χ3n) is 5.45. The average molecular weight is 488 g/mol. The Morgan fingerprint density at radius 3 is 2.58 bits per heavy atom. The largest absolute Gasteiger partial charge is 0.395 e. The van der Waals surface area contributed by atoms with Crippen molar-refractivity contribution in [3.63, 3.8) is 0 Å². The van der Waals surface area contributed by atoms with E-state index < -0.39 is 17.7 Å². The van der Waals surface area contributed by atoms with Gasteiger partial charge in [-0.1, -0.05) is 6.07 Å². The van der Waals surface area contributed by atoms with Gasteiger partial charge >= 0.3 is 0 Å². The fraction of sp³-hybridized carbons (Fsp3) is 0.0870. The zero-order valence-corrected chi connectivity index (χ0v) is 19.0. The minimum atomic E-state index is -0.892. The van der Waals surface area contributed by atoms with Crippen LogP contribution in [0.15, 0.2) is 36.7 Å². The van der Waals surface area contributed by atoms with Crippen LogP contribution in [0.4, 0.5) is 26.1 Å². The van der Waals surface area contributed by atoms with Gasteiger partial charge in [-0.15, -0.1) is 0 Å². The van der Waals surface area contributed by atoms with Crippen LogP contribution in [0.1, 0.15) is 21.9 Å². The molecular weight excluding hydrogens is 470 g/mol. The fourth-order valence-electron chi connectivity index (χ4n) is 3.78. The van der Waals surface area contributed by atoms with Gasteiger partial charge in [-0.2, -0.15) is 9.49 Å². The Morgan fingerprint density at radius 2 is 1.81 bits per heavy atom. The maximum Gasteiger partial charge on any atom is 0.269 e. The number of fused-ring (bicyclic) bond motifs is 1. The van der Waals surface area contributed by atoms with Crippen molar-refractivity contribution in [2.24, 2.45) is 5.73 Å². The van der Waals surface area contributed by atoms with Gasteiger partial charge in [0.2, 0.25) is 5.95 Å². The van der Waals surface area contributed by atoms with Gasteiger partial charge in [-0.25, -0.2) is 29.3 Å². The molecule has 0 bridgehead atoms. The number of aryl methyl sites for hydroxylation is 2. The van der Waals surface area contributed by atoms with E-state index in [1.54, 1.807) is 13.1 Å². The number of nitrogen functional groups attached to an aromatic ring is 1. The summed E-state index contributed by atoms with van der Waals surface area (Å²) in [6.45, 7) is 3.41. The smallest absolute Gasteiger partial charge is 0.269 e. The Hall–Kier alpha value is -5.07. The number of carbonyl (C=O) groups is 1. The maximum atomic E-state index is 14.3. The Balaban J connectivity index is 1.76. The molecule has 180 valence electrons. The lowest BCUT2D eigenvalue weighted by Crippen LogP contribution is -2.18. The lowest BCUT2D eigenvalue weighted by atomic mass is 9.99. The van der Waals surface area contributed by atoms with Gasteiger partial charge in [0.05, 0.1) is 34.9 Å². The van der Waals surface area contributed by atoms with E-state index in [1.165, 1.54) is 6.07 Å². The van der Waals surface area contributed by atoms with Crippen LogP contribution >= 0.6 is 0 Å². The number of nitrogens with zero attached hydrogens (tertiary/aromatic N) is 6. The van der Waals surface area contributed by atoms with Gasteiger partial charge in [0.15, 0.2) is 23.2 Å². The standard InChI is InChI=1S/C23H18F2N10O/c1-9-3-5-14-12(7-29-35-14)16(9)18-17(26)19(20(27)36)33-22(32-18)11-4-6-15(25)31-21(11)34-23-13(24)8-28-10(2)30-23/h3-8H,26H2,1-2H3,(H2,27,36)(H,29,35)(H,28,30,31,34). The molecule has 0 aliphatic carbocycles. The van der Waals surface area contributed by atoms with Crippen LogP contribution in [0.5, 0.6) is 0 Å². The van der Waals surface area contributed by atoms with Gasteiger partial charge in [0.25, 0.3) is 5.91 Å². The average Bonchev–Trinajstić information content (AvgIpc) is 3.31. The number of hydrogen-bond acceptors (Lipinski definition) is 9. The molecule has 0 saturated carbocycles. The number of aromatic amines is 1. The summed E-state index contributed by atoms with van der Waals surface area (Å²) in [6, 6.07) is 6.10. The van der Waals surface area contributed by atoms with Crippen molar-refractivity contribution >= 4 is 34.1 Å². The molecule has 4 heterocycles. The number of halogens is 2. The molecule has 0 aliphatic heterocycles. The molecular formula is C23H18F2N10O. The van der Waals surface area contributed by atoms with E-state index in [0.717, 1.165) is 23.3 Å². The molecule has 4 aromatic heterocycles. The van der Waals surface area contributed by atoms with E-state index in [9.17, 15) is 13.6 Å². The van der Waals surface area contributed by atoms with E-state index >= 15 is 0 Å². The summed E-state index contributed by atoms with van der Waals surface area (Å²) in [5, 5.41) is 10.3. The van der Waals surface area contributed by atoms with Crippen molar-refractivity contribution < 1.29 is 13.6 Å². The number of nitrogens with one attached hydrogen (secondary N) is 2. The normalized spacial score (nSPS) is 11.1. The monoisotopic (exact) mass is 488 g/mol. The fourth-order valence-corrected chi connectivity index (χ4v) is 3.78. The molecule has 1 amide bonds. The third kappa shape index (κ3) is 3.91. The number of carbonyl (C=O) groups excluding carboxylic acids is 1. The number of H-pyrrole nitrogens is 1. The second kappa shape index (κ2) is 8.61. The number of benzene rings is 1. The molecule has 0 spiro atoms. The van der Waals surface area contributed by atoms with Gasteiger partial charge < -0.3 is 16.8 Å². The predicted molar refractivity (Wildman–Crippen MR) is 128 cm³/mol. The number of anilines is 3. The molecule has 13 heteroatoms. The van der Waals surface area contributed by atoms with Crippen LogP contribution in [0, 0.1) is 25.6 Å². The SMILES string of the molecule is Cc1ncc(F)c(Nc2nc(F)ccc2-c2nc(C(N)=O)c(N)c(-c3c(C)ccc4[nH]ncc34)n2)n1. The molecule has 5 aromatic rings. The van der Waals surface area contributed by atoms with Gasteiger partial charge in [0.1, 0.15) is 11.6 Å². The molecule has 1 aromatic carbocycles. The number of amides is 1. The van der Waals surface area contributed by atoms with E-state index in [2.05, 4.69) is 40.4 Å². The quantitative estimate of drug-likeness (QED) is 0.271. The summed E-state index contributed by atoms with van der Waals surface area (Å²) in [5.74, 6) is -2.66. The number of aromatic nitrogens is 7. The zero-order valence-electron chi connectivity index (χ0n) is 19.0. The van der Waals surface area contributed by atoms with Gasteiger partial charge in [-0.05, 0) is 37.6 Å². The summed E-state index contributed by atoms with van der Waals surface area (Å²) in [6.07, 6.45) is 2.58. The van der Waals surface area contributed by atoms with Crippen molar-refractivity contribution in [3.8, 4) is 22.6 Å². The number of nitrogens with two attached hydrogens (primary N) is 2. The van der Waals surface area contributed by atoms with Crippen molar-refractivity contribution in [3.05, 3.63) is 65.5 Å². The highest BCUT2D eigenvalue weighted by atomic mass is 19.1. The molecule has 11 nitrogen and oxygen atoms in total. The first kappa shape index (κ1) is 22.7. The Bertz CT molecular complexity index is 1670. The van der Waals surface area contributed by atoms with Crippen LogP contribution in [0.25, 0.3) is 33.5 Å². The zero-order chi connectivity index (χ0) is 25.6. The molecule has 0 radical (unpaired) electrons. The van der Waals surface area contributed by atoms with Crippen molar-refractivity contribution in [2.75, 3.05) is 11.1 Å². The molecule has 0 unspecified atom stereocenters. The van der Waals surface area contributed by atoms with Gasteiger partial charge in [0, 0.05) is 10.9 Å². The lowest BCUT2D eigenvalue weighted by molar-refractivity contribution is 0.0996. The lowest BCUT2D eigenvalue weighted by Gasteiger charge is -2.15. The van der Waals surface area contributed by atoms with Crippen LogP contribution < -0.4 is 16.8 Å². The second-order valence-corrected chi connectivity index (χ2v) is 7.88. The number of primary amides is 1. The maximum absolute atomic E-state index is 14.3. The molecule has 6 N–H and O–H groups in total. The Morgan fingerprint density at radius 1 is 1.00 bits per heavy atom. The van der Waals surface area contributed by atoms with E-state index in [1.807, 2.05) is 19.1 Å². The molecule has 0 aliphatic rings. The molecule has 0 saturated heterocycles. The Labute approximate surface area is 202 Å². The van der Waals surface area contributed by atoms with E-state index in [0.29, 0.717) is 10.9 Å². The first-order valence-electron chi connectivity index (χ1n) is 10.6. The third-order valence-corrected chi connectivity index (χ3v) is 5.45. The highest BCUT2D eigenvalue weighted by molar-refractivity contribution is 6.04. The summed E-state index contributed by atoms with van der Waals surface area (Å²) in [4.78, 5) is 32.7. The van der Waals surface area contributed by atoms with Gasteiger partial charge in [-0.3, -0.25) is 9.89 Å². The second-order valence-electron chi connectivity index (χ2n) is 7.88. The minimum Gasteiger partial charge on any atom is -0.395 e. The first-order chi connectivity index (χ1) is 17.2. The molecule has 5 rings (SSSR count). The minimum absolute atomic E-state index is 0.0369. The summed E-state index contributed by atoms with van der Waals surface area (Å²) >= 11 is 0. The number of pyridine rings is 1. The summed E-state index contributed by atoms with van der Waals surface area (Å²) in [7, 11) is 0. The molecule has 36 heavy (non-hydrogen) atoms. The van der Waals surface area contributed by atoms with E-state index in [4.69, 9.17) is 11.5 Å². The highest BCUT2D eigenvalue weighted by Crippen LogP contribution is 2.37. The van der Waals surface area contributed by atoms with Crippen molar-refractivity contribution in [1.29, 1.82) is 0 Å². The van der Waals surface area contributed by atoms with E-state index in [-0.39, 0.29) is 45.9 Å². The molecule has 0 atom stereocenters. The number of hydrogen-bond donors (Lipinski definition) is 4. The molecule has 0 fully saturated rings. The number of rotatable bonds is 5. The first-order valence-corrected chi connectivity index (χ1v) is 10.6.